The number of carbonyl (C=O) groups is 2. The highest BCUT2D eigenvalue weighted by Gasteiger charge is 1.88. The van der Waals surface area contributed by atoms with Crippen LogP contribution in [0.25, 0.3) is 0 Å². The smallest absolute Gasteiger partial charge is 0.369 e. The molecule has 0 unspecified atom stereocenters. The molecule has 0 bridgehead atoms. The fourth-order valence-electron chi connectivity index (χ4n) is 0.172. The van der Waals surface area contributed by atoms with E-state index in [0.29, 0.717) is 0 Å². The Morgan fingerprint density at radius 3 is 1.50 bits per heavy atom. The van der Waals surface area contributed by atoms with E-state index in [4.69, 9.17) is 0 Å². The third kappa shape index (κ3) is 7.38. The molecule has 10 heavy (non-hydrogen) atoms. The minimum absolute atomic E-state index is 0.786. The fourth-order valence-corrected chi connectivity index (χ4v) is 0.294. The van der Waals surface area contributed by atoms with Crippen LogP contribution in [0.15, 0.2) is 12.5 Å². The maximum Gasteiger partial charge on any atom is 0.369 e. The first-order chi connectivity index (χ1) is 4.63. The summed E-state index contributed by atoms with van der Waals surface area (Å²) in [6, 6.07) is 0. The van der Waals surface area contributed by atoms with Crippen molar-refractivity contribution in [2.45, 2.75) is 0 Å². The van der Waals surface area contributed by atoms with Crippen LogP contribution < -0.4 is 0 Å². The van der Waals surface area contributed by atoms with Crippen molar-refractivity contribution in [3.63, 3.8) is 0 Å². The highest BCUT2D eigenvalue weighted by Crippen LogP contribution is 1.90. The quantitative estimate of drug-likeness (QED) is 0.385. The van der Waals surface area contributed by atoms with Gasteiger partial charge < -0.3 is 9.47 Å². The average molecular weight is 180 g/mol. The first kappa shape index (κ1) is 9.38. The Morgan fingerprint density at radius 2 is 1.30 bits per heavy atom. The number of hydrogen-bond donors (Lipinski definition) is 2. The molecule has 0 aliphatic heterocycles. The van der Waals surface area contributed by atoms with E-state index in [1.807, 2.05) is 0 Å². The Hall–Kier alpha value is -0.620. The van der Waals surface area contributed by atoms with Gasteiger partial charge in [-0.2, -0.15) is 0 Å². The fraction of sp³-hybridized carbons (Fsp3) is 0. The minimum Gasteiger partial charge on any atom is -0.423 e. The van der Waals surface area contributed by atoms with Crippen molar-refractivity contribution in [3.05, 3.63) is 12.5 Å². The third-order valence-electron chi connectivity index (χ3n) is 0.393. The molecule has 0 radical (unpaired) electrons. The molecule has 0 heterocycles. The zero-order valence-electron chi connectivity index (χ0n) is 4.68. The molecule has 56 valence electrons. The molecule has 0 saturated heterocycles. The molecule has 0 spiro atoms. The summed E-state index contributed by atoms with van der Waals surface area (Å²) in [6.07, 6.45) is 1.76. The van der Waals surface area contributed by atoms with Crippen LogP contribution in [0.4, 0.5) is 9.59 Å². The Morgan fingerprint density at radius 1 is 1.00 bits per heavy atom. The predicted octanol–water partition coefficient (Wildman–Crippen LogP) is 1.59. The van der Waals surface area contributed by atoms with Crippen molar-refractivity contribution >= 4 is 35.9 Å². The summed E-state index contributed by atoms with van der Waals surface area (Å²) in [5.41, 5.74) is 0. The summed E-state index contributed by atoms with van der Waals surface area (Å²) in [7, 11) is 0. The monoisotopic (exact) mass is 180 g/mol. The number of hydrogen-bond acceptors (Lipinski definition) is 4. The van der Waals surface area contributed by atoms with Gasteiger partial charge in [0, 0.05) is 0 Å². The van der Waals surface area contributed by atoms with Gasteiger partial charge in [-0.1, -0.05) is 25.3 Å². The summed E-state index contributed by atoms with van der Waals surface area (Å²) in [4.78, 5) is 19.8. The lowest BCUT2D eigenvalue weighted by Gasteiger charge is -1.89. The summed E-state index contributed by atoms with van der Waals surface area (Å²) in [6.45, 7) is 0. The molecule has 0 aromatic heterocycles. The predicted molar refractivity (Wildman–Crippen MR) is 40.1 cm³/mol. The van der Waals surface area contributed by atoms with Gasteiger partial charge in [-0.3, -0.25) is 0 Å². The van der Waals surface area contributed by atoms with Gasteiger partial charge in [0.25, 0.3) is 0 Å². The summed E-state index contributed by atoms with van der Waals surface area (Å²) < 4.78 is 8.25. The van der Waals surface area contributed by atoms with E-state index in [-0.39, 0.29) is 0 Å². The molecular formula is C4H4O4S2. The standard InChI is InChI=1S/C4H4O4S2/c5-3(9)7-1-2-8-4(6)10/h1-2H,(H,5,9)(H,6,10)/b2-1+. The van der Waals surface area contributed by atoms with E-state index in [9.17, 15) is 9.59 Å². The lowest BCUT2D eigenvalue weighted by atomic mass is 11.0. The van der Waals surface area contributed by atoms with Gasteiger partial charge in [0.15, 0.2) is 0 Å². The molecular weight excluding hydrogens is 176 g/mol. The topological polar surface area (TPSA) is 52.6 Å². The molecule has 0 saturated carbocycles. The Kier molecular flexibility index (Phi) is 4.87. The molecule has 0 atom stereocenters. The van der Waals surface area contributed by atoms with Crippen molar-refractivity contribution < 1.29 is 19.1 Å². The first-order valence-corrected chi connectivity index (χ1v) is 2.96. The van der Waals surface area contributed by atoms with Gasteiger partial charge >= 0.3 is 10.6 Å². The van der Waals surface area contributed by atoms with Crippen LogP contribution >= 0.6 is 25.3 Å². The van der Waals surface area contributed by atoms with Gasteiger partial charge in [-0.25, -0.2) is 9.59 Å². The van der Waals surface area contributed by atoms with Crippen LogP contribution in [-0.4, -0.2) is 10.6 Å². The van der Waals surface area contributed by atoms with E-state index in [1.54, 1.807) is 0 Å². The number of rotatable bonds is 2. The van der Waals surface area contributed by atoms with E-state index < -0.39 is 10.6 Å². The summed E-state index contributed by atoms with van der Waals surface area (Å²) >= 11 is 6.50. The van der Waals surface area contributed by atoms with E-state index in [0.717, 1.165) is 12.5 Å². The van der Waals surface area contributed by atoms with Crippen molar-refractivity contribution in [2.24, 2.45) is 0 Å². The second kappa shape index (κ2) is 5.19. The molecule has 0 fully saturated rings. The normalized spacial score (nSPS) is 9.40. The lowest BCUT2D eigenvalue weighted by molar-refractivity contribution is 0.201. The van der Waals surface area contributed by atoms with Crippen molar-refractivity contribution in [2.75, 3.05) is 0 Å². The molecule has 0 aliphatic rings. The molecule has 0 aromatic rings. The van der Waals surface area contributed by atoms with Gasteiger partial charge in [-0.15, -0.1) is 0 Å². The molecule has 4 nitrogen and oxygen atoms in total. The van der Waals surface area contributed by atoms with Gasteiger partial charge in [0.05, 0.1) is 0 Å². The van der Waals surface area contributed by atoms with Crippen LogP contribution in [0.2, 0.25) is 0 Å². The second-order valence-corrected chi connectivity index (χ2v) is 1.77. The zero-order valence-corrected chi connectivity index (χ0v) is 6.47. The van der Waals surface area contributed by atoms with E-state index in [2.05, 4.69) is 34.7 Å². The highest BCUT2D eigenvalue weighted by molar-refractivity contribution is 7.96. The minimum atomic E-state index is -0.786. The van der Waals surface area contributed by atoms with E-state index >= 15 is 0 Å². The van der Waals surface area contributed by atoms with Gasteiger partial charge in [0.1, 0.15) is 12.5 Å². The van der Waals surface area contributed by atoms with Crippen LogP contribution in [0.3, 0.4) is 0 Å². The third-order valence-corrected chi connectivity index (χ3v) is 0.604. The Bertz CT molecular complexity index is 147. The van der Waals surface area contributed by atoms with Crippen LogP contribution in [0.5, 0.6) is 0 Å². The maximum atomic E-state index is 9.92. The SMILES string of the molecule is O=C(S)O/C=C/OC(=O)S. The van der Waals surface area contributed by atoms with Crippen LogP contribution in [-0.2, 0) is 9.47 Å². The highest BCUT2D eigenvalue weighted by atomic mass is 32.1. The van der Waals surface area contributed by atoms with Gasteiger partial charge in [-0.05, 0) is 0 Å². The van der Waals surface area contributed by atoms with Crippen molar-refractivity contribution in [3.8, 4) is 0 Å². The Balaban J connectivity index is 3.38. The molecule has 0 N–H and O–H groups in total. The first-order valence-electron chi connectivity index (χ1n) is 2.07. The van der Waals surface area contributed by atoms with Gasteiger partial charge in [0.2, 0.25) is 0 Å². The molecule has 0 aromatic carbocycles. The van der Waals surface area contributed by atoms with Crippen molar-refractivity contribution in [1.29, 1.82) is 0 Å². The van der Waals surface area contributed by atoms with E-state index in [1.165, 1.54) is 0 Å². The zero-order chi connectivity index (χ0) is 7.98. The number of thiol groups is 2. The number of ether oxygens (including phenoxy) is 2. The number of carbonyl (C=O) groups excluding carboxylic acids is 2. The summed E-state index contributed by atoms with van der Waals surface area (Å²) in [5.74, 6) is 0. The largest absolute Gasteiger partial charge is 0.423 e. The lowest BCUT2D eigenvalue weighted by Crippen LogP contribution is -1.86. The van der Waals surface area contributed by atoms with Crippen molar-refractivity contribution in [1.82, 2.24) is 0 Å². The average Bonchev–Trinajstić information content (AvgIpc) is 1.79. The molecule has 0 aliphatic carbocycles. The molecule has 0 amide bonds. The molecule has 0 rings (SSSR count). The van der Waals surface area contributed by atoms with Crippen LogP contribution in [0.1, 0.15) is 0 Å². The van der Waals surface area contributed by atoms with Crippen LogP contribution in [0, 0.1) is 0 Å². The second-order valence-electron chi connectivity index (χ2n) is 1.04. The molecule has 6 heteroatoms. The maximum absolute atomic E-state index is 9.92. The summed E-state index contributed by atoms with van der Waals surface area (Å²) in [5, 5.41) is -1.57. The Labute approximate surface area is 68.0 Å².